The Morgan fingerprint density at radius 2 is 1.89 bits per heavy atom. The van der Waals surface area contributed by atoms with Crippen molar-refractivity contribution >= 4 is 45.3 Å². The van der Waals surface area contributed by atoms with Gasteiger partial charge < -0.3 is 19.9 Å². The average Bonchev–Trinajstić information content (AvgIpc) is 3.26. The number of benzene rings is 2. The zero-order valence-corrected chi connectivity index (χ0v) is 21.0. The predicted octanol–water partition coefficient (Wildman–Crippen LogP) is 5.60. The van der Waals surface area contributed by atoms with Crippen molar-refractivity contribution in [3.05, 3.63) is 66.7 Å². The van der Waals surface area contributed by atoms with Gasteiger partial charge in [0, 0.05) is 24.1 Å². The first-order valence-electron chi connectivity index (χ1n) is 12.1. The lowest BCUT2D eigenvalue weighted by molar-refractivity contribution is 0.479. The Hall–Kier alpha value is -3.69. The van der Waals surface area contributed by atoms with Gasteiger partial charge in [0.15, 0.2) is 5.82 Å². The number of pyridine rings is 1. The van der Waals surface area contributed by atoms with Crippen LogP contribution < -0.4 is 15.4 Å². The molecule has 9 heteroatoms. The molecule has 0 saturated carbocycles. The lowest BCUT2D eigenvalue weighted by Crippen LogP contribution is -2.29. The fourth-order valence-electron chi connectivity index (χ4n) is 4.45. The lowest BCUT2D eigenvalue weighted by Gasteiger charge is -2.21. The summed E-state index contributed by atoms with van der Waals surface area (Å²) in [5.41, 5.74) is 5.50. The van der Waals surface area contributed by atoms with E-state index in [1.165, 1.54) is 0 Å². The van der Waals surface area contributed by atoms with E-state index >= 15 is 0 Å². The van der Waals surface area contributed by atoms with Gasteiger partial charge in [-0.05, 0) is 80.9 Å². The van der Waals surface area contributed by atoms with Crippen molar-refractivity contribution in [3.8, 4) is 11.5 Å². The number of piperidine rings is 1. The third-order valence-electron chi connectivity index (χ3n) is 6.39. The van der Waals surface area contributed by atoms with Gasteiger partial charge >= 0.3 is 0 Å². The molecule has 0 radical (unpaired) electrons. The number of nitrogens with zero attached hydrogens (tertiary/aromatic N) is 5. The Bertz CT molecular complexity index is 1540. The van der Waals surface area contributed by atoms with Gasteiger partial charge in [-0.1, -0.05) is 0 Å². The summed E-state index contributed by atoms with van der Waals surface area (Å²) in [5, 5.41) is 8.46. The minimum absolute atomic E-state index is 0.589. The van der Waals surface area contributed by atoms with Crippen molar-refractivity contribution in [1.29, 1.82) is 0 Å². The second-order valence-electron chi connectivity index (χ2n) is 9.02. The van der Waals surface area contributed by atoms with Crippen LogP contribution in [0.4, 0.5) is 11.5 Å². The van der Waals surface area contributed by atoms with E-state index in [0.29, 0.717) is 11.1 Å². The Morgan fingerprint density at radius 1 is 1.00 bits per heavy atom. The van der Waals surface area contributed by atoms with Crippen LogP contribution in [0.1, 0.15) is 18.4 Å². The highest BCUT2D eigenvalue weighted by atomic mass is 32.2. The molecule has 1 aliphatic rings. The molecular formula is C27H27N7OS. The van der Waals surface area contributed by atoms with Gasteiger partial charge in [-0.2, -0.15) is 0 Å². The van der Waals surface area contributed by atoms with E-state index < -0.39 is 0 Å². The Kier molecular flexibility index (Phi) is 6.16. The topological polar surface area (TPSA) is 89.8 Å². The zero-order valence-electron chi connectivity index (χ0n) is 20.2. The van der Waals surface area contributed by atoms with Crippen molar-refractivity contribution in [2.24, 2.45) is 7.05 Å². The van der Waals surface area contributed by atoms with Gasteiger partial charge in [0.05, 0.1) is 27.9 Å². The van der Waals surface area contributed by atoms with Crippen LogP contribution in [0.25, 0.3) is 22.1 Å². The second kappa shape index (κ2) is 9.75. The van der Waals surface area contributed by atoms with Crippen LogP contribution in [0.15, 0.2) is 66.2 Å². The van der Waals surface area contributed by atoms with E-state index in [9.17, 15) is 0 Å². The van der Waals surface area contributed by atoms with Crippen molar-refractivity contribution in [1.82, 2.24) is 29.8 Å². The highest BCUT2D eigenvalue weighted by molar-refractivity contribution is 7.99. The van der Waals surface area contributed by atoms with Gasteiger partial charge in [-0.15, -0.1) is 11.8 Å². The first-order chi connectivity index (χ1) is 17.6. The van der Waals surface area contributed by atoms with Crippen LogP contribution in [0, 0.1) is 6.92 Å². The summed E-state index contributed by atoms with van der Waals surface area (Å²) in [6, 6.07) is 16.0. The molecule has 0 unspecified atom stereocenters. The molecule has 0 spiro atoms. The van der Waals surface area contributed by atoms with Crippen LogP contribution >= 0.6 is 11.8 Å². The maximum absolute atomic E-state index is 6.17. The van der Waals surface area contributed by atoms with Crippen LogP contribution in [0.2, 0.25) is 0 Å². The number of imidazole rings is 1. The highest BCUT2D eigenvalue weighted by Crippen LogP contribution is 2.32. The summed E-state index contributed by atoms with van der Waals surface area (Å²) in [6.07, 6.45) is 5.69. The molecule has 0 atom stereocenters. The summed E-state index contributed by atoms with van der Waals surface area (Å²) in [6.45, 7) is 4.17. The molecule has 1 saturated heterocycles. The molecule has 2 N–H and O–H groups in total. The molecular weight excluding hydrogens is 470 g/mol. The number of ether oxygens (including phenoxy) is 1. The number of aromatic nitrogens is 5. The van der Waals surface area contributed by atoms with E-state index in [0.717, 1.165) is 75.8 Å². The molecule has 182 valence electrons. The summed E-state index contributed by atoms with van der Waals surface area (Å²) >= 11 is 1.84. The summed E-state index contributed by atoms with van der Waals surface area (Å²) in [4.78, 5) is 18.2. The first-order valence-corrected chi connectivity index (χ1v) is 13.0. The number of thioether (sulfide) groups is 1. The molecule has 1 fully saturated rings. The number of anilines is 2. The molecule has 2 aromatic carbocycles. The van der Waals surface area contributed by atoms with Gasteiger partial charge in [0.25, 0.3) is 0 Å². The predicted molar refractivity (Wildman–Crippen MR) is 144 cm³/mol. The Balaban J connectivity index is 1.22. The van der Waals surface area contributed by atoms with Gasteiger partial charge in [0.2, 0.25) is 0 Å². The molecule has 0 aliphatic carbocycles. The van der Waals surface area contributed by atoms with Crippen LogP contribution in [0.5, 0.6) is 11.5 Å². The Labute approximate surface area is 213 Å². The smallest absolute Gasteiger partial charge is 0.160 e. The number of rotatable bonds is 6. The number of fused-ring (bicyclic) bond motifs is 2. The third kappa shape index (κ3) is 4.72. The molecule has 8 nitrogen and oxygen atoms in total. The zero-order chi connectivity index (χ0) is 24.5. The number of nitrogens with one attached hydrogen (secondary N) is 2. The summed E-state index contributed by atoms with van der Waals surface area (Å²) in [5.74, 6) is 2.25. The van der Waals surface area contributed by atoms with Gasteiger partial charge in [-0.3, -0.25) is 0 Å². The van der Waals surface area contributed by atoms with Crippen molar-refractivity contribution in [2.45, 2.75) is 30.0 Å². The summed E-state index contributed by atoms with van der Waals surface area (Å²) in [7, 11) is 1.98. The van der Waals surface area contributed by atoms with Crippen molar-refractivity contribution < 1.29 is 4.74 Å². The molecule has 3 aromatic heterocycles. The van der Waals surface area contributed by atoms with Gasteiger partial charge in [0.1, 0.15) is 23.3 Å². The lowest BCUT2D eigenvalue weighted by atomic mass is 10.2. The Morgan fingerprint density at radius 3 is 2.75 bits per heavy atom. The van der Waals surface area contributed by atoms with Crippen molar-refractivity contribution in [2.75, 3.05) is 18.4 Å². The van der Waals surface area contributed by atoms with E-state index in [4.69, 9.17) is 9.72 Å². The second-order valence-corrected chi connectivity index (χ2v) is 10.3. The van der Waals surface area contributed by atoms with Gasteiger partial charge in [-0.25, -0.2) is 19.9 Å². The van der Waals surface area contributed by atoms with E-state index in [2.05, 4.69) is 37.7 Å². The number of hydrogen-bond donors (Lipinski definition) is 2. The molecule has 6 rings (SSSR count). The van der Waals surface area contributed by atoms with Crippen molar-refractivity contribution in [3.63, 3.8) is 0 Å². The first kappa shape index (κ1) is 22.8. The normalized spacial score (nSPS) is 14.4. The molecule has 5 aromatic rings. The molecule has 36 heavy (non-hydrogen) atoms. The third-order valence-corrected chi connectivity index (χ3v) is 7.67. The maximum Gasteiger partial charge on any atom is 0.160 e. The SMILES string of the molecule is Cc1cc(Nc2ncnc3ccc(SC4CCNCC4)nc23)ccc1Oc1ccc2c(c1)ncn2C. The van der Waals surface area contributed by atoms with Crippen LogP contribution in [-0.4, -0.2) is 42.8 Å². The quantitative estimate of drug-likeness (QED) is 0.313. The molecule has 0 amide bonds. The van der Waals surface area contributed by atoms with E-state index in [1.807, 2.05) is 66.7 Å². The monoisotopic (exact) mass is 497 g/mol. The minimum Gasteiger partial charge on any atom is -0.457 e. The van der Waals surface area contributed by atoms with Crippen LogP contribution in [0.3, 0.4) is 0 Å². The van der Waals surface area contributed by atoms with E-state index in [-0.39, 0.29) is 0 Å². The molecule has 1 aliphatic heterocycles. The fraction of sp³-hybridized carbons (Fsp3) is 0.259. The largest absolute Gasteiger partial charge is 0.457 e. The highest BCUT2D eigenvalue weighted by Gasteiger charge is 2.16. The fourth-order valence-corrected chi connectivity index (χ4v) is 5.55. The van der Waals surface area contributed by atoms with E-state index in [1.54, 1.807) is 12.7 Å². The summed E-state index contributed by atoms with van der Waals surface area (Å²) < 4.78 is 8.16. The minimum atomic E-state index is 0.589. The maximum atomic E-state index is 6.17. The number of hydrogen-bond acceptors (Lipinski definition) is 8. The molecule has 0 bridgehead atoms. The average molecular weight is 498 g/mol. The van der Waals surface area contributed by atoms with Crippen LogP contribution in [-0.2, 0) is 7.05 Å². The molecule has 4 heterocycles. The standard InChI is InChI=1S/C27H27N7OS/c1-17-13-18(3-7-24(17)35-19-4-6-23-22(14-19)31-16-34(23)2)32-27-26-21(29-15-30-27)5-8-25(33-26)36-20-9-11-28-12-10-20/h3-8,13-16,20,28H,9-12H2,1-2H3,(H,29,30,32). The number of aryl methyl sites for hydroxylation is 2.